The molecule has 0 aliphatic carbocycles. The Hall–Kier alpha value is -1.95. The maximum absolute atomic E-state index is 10.8. The van der Waals surface area contributed by atoms with Gasteiger partial charge in [0.15, 0.2) is 0 Å². The zero-order chi connectivity index (χ0) is 17.0. The van der Waals surface area contributed by atoms with Gasteiger partial charge < -0.3 is 5.11 Å². The second kappa shape index (κ2) is 7.55. The standard InChI is InChI=1S/C17H19ClN2O3/c1-12-8-15(18)7-6-14(12)10-19(2)11-17(21)13-4-3-5-16(9-13)20(22)23/h3-9,17,21H,10-11H2,1-2H3. The molecule has 2 aromatic carbocycles. The van der Waals surface area contributed by atoms with Crippen LogP contribution in [-0.4, -0.2) is 28.5 Å². The number of halogens is 1. The van der Waals surface area contributed by atoms with Gasteiger partial charge in [0, 0.05) is 30.2 Å². The van der Waals surface area contributed by atoms with Crippen LogP contribution in [0.15, 0.2) is 42.5 Å². The molecule has 0 heterocycles. The highest BCUT2D eigenvalue weighted by molar-refractivity contribution is 6.30. The lowest BCUT2D eigenvalue weighted by Gasteiger charge is -2.21. The molecule has 0 saturated carbocycles. The number of aliphatic hydroxyl groups excluding tert-OH is 1. The number of likely N-dealkylation sites (N-methyl/N-ethyl adjacent to an activating group) is 1. The molecule has 0 radical (unpaired) electrons. The van der Waals surface area contributed by atoms with Crippen molar-refractivity contribution in [3.63, 3.8) is 0 Å². The van der Waals surface area contributed by atoms with E-state index in [0.29, 0.717) is 23.7 Å². The molecule has 0 spiro atoms. The number of non-ortho nitro benzene ring substituents is 1. The summed E-state index contributed by atoms with van der Waals surface area (Å²) in [5.41, 5.74) is 2.74. The predicted octanol–water partition coefficient (Wildman–Crippen LogP) is 3.72. The van der Waals surface area contributed by atoms with Gasteiger partial charge in [-0.05, 0) is 42.8 Å². The van der Waals surface area contributed by atoms with E-state index in [1.54, 1.807) is 12.1 Å². The number of nitro groups is 1. The number of hydrogen-bond acceptors (Lipinski definition) is 4. The number of nitrogens with zero attached hydrogens (tertiary/aromatic N) is 2. The summed E-state index contributed by atoms with van der Waals surface area (Å²) in [4.78, 5) is 12.3. The summed E-state index contributed by atoms with van der Waals surface area (Å²) in [6.45, 7) is 3.03. The quantitative estimate of drug-likeness (QED) is 0.645. The Morgan fingerprint density at radius 2 is 2.04 bits per heavy atom. The highest BCUT2D eigenvalue weighted by atomic mass is 35.5. The van der Waals surface area contributed by atoms with Crippen LogP contribution in [0.4, 0.5) is 5.69 Å². The molecule has 2 rings (SSSR count). The maximum atomic E-state index is 10.8. The third kappa shape index (κ3) is 4.76. The molecule has 1 N–H and O–H groups in total. The molecule has 5 nitrogen and oxygen atoms in total. The Bertz CT molecular complexity index is 706. The molecule has 0 aromatic heterocycles. The number of benzene rings is 2. The molecule has 0 aliphatic rings. The fourth-order valence-corrected chi connectivity index (χ4v) is 2.66. The van der Waals surface area contributed by atoms with Gasteiger partial charge in [0.2, 0.25) is 0 Å². The molecule has 2 aromatic rings. The predicted molar refractivity (Wildman–Crippen MR) is 90.6 cm³/mol. The van der Waals surface area contributed by atoms with Gasteiger partial charge in [-0.3, -0.25) is 15.0 Å². The lowest BCUT2D eigenvalue weighted by molar-refractivity contribution is -0.385. The average Bonchev–Trinajstić information content (AvgIpc) is 2.50. The van der Waals surface area contributed by atoms with Gasteiger partial charge in [0.05, 0.1) is 11.0 Å². The third-order valence-electron chi connectivity index (χ3n) is 3.70. The minimum absolute atomic E-state index is 0.0160. The molecule has 23 heavy (non-hydrogen) atoms. The van der Waals surface area contributed by atoms with E-state index in [0.717, 1.165) is 11.1 Å². The Labute approximate surface area is 140 Å². The van der Waals surface area contributed by atoms with Crippen molar-refractivity contribution < 1.29 is 10.0 Å². The van der Waals surface area contributed by atoms with Crippen LogP contribution in [0.2, 0.25) is 5.02 Å². The topological polar surface area (TPSA) is 66.6 Å². The first kappa shape index (κ1) is 17.4. The van der Waals surface area contributed by atoms with Crippen LogP contribution in [0.5, 0.6) is 0 Å². The van der Waals surface area contributed by atoms with Crippen molar-refractivity contribution in [2.75, 3.05) is 13.6 Å². The van der Waals surface area contributed by atoms with Crippen LogP contribution in [0.3, 0.4) is 0 Å². The van der Waals surface area contributed by atoms with E-state index in [1.165, 1.54) is 12.1 Å². The van der Waals surface area contributed by atoms with E-state index in [9.17, 15) is 15.2 Å². The monoisotopic (exact) mass is 334 g/mol. The summed E-state index contributed by atoms with van der Waals surface area (Å²) in [5, 5.41) is 21.8. The van der Waals surface area contributed by atoms with Crippen molar-refractivity contribution in [1.82, 2.24) is 4.90 Å². The van der Waals surface area contributed by atoms with Crippen LogP contribution in [0.25, 0.3) is 0 Å². The number of rotatable bonds is 6. The first-order valence-corrected chi connectivity index (χ1v) is 7.60. The summed E-state index contributed by atoms with van der Waals surface area (Å²) in [5.74, 6) is 0. The third-order valence-corrected chi connectivity index (χ3v) is 3.93. The van der Waals surface area contributed by atoms with Crippen molar-refractivity contribution in [1.29, 1.82) is 0 Å². The Morgan fingerprint density at radius 1 is 1.30 bits per heavy atom. The van der Waals surface area contributed by atoms with Crippen molar-refractivity contribution in [3.8, 4) is 0 Å². The highest BCUT2D eigenvalue weighted by Crippen LogP contribution is 2.21. The van der Waals surface area contributed by atoms with E-state index >= 15 is 0 Å². The number of aliphatic hydroxyl groups is 1. The SMILES string of the molecule is Cc1cc(Cl)ccc1CN(C)CC(O)c1cccc([N+](=O)[O-])c1. The first-order chi connectivity index (χ1) is 10.9. The molecule has 0 fully saturated rings. The number of nitro benzene ring substituents is 1. The Kier molecular flexibility index (Phi) is 5.71. The van der Waals surface area contributed by atoms with Gasteiger partial charge in [-0.1, -0.05) is 29.8 Å². The fraction of sp³-hybridized carbons (Fsp3) is 0.294. The molecular weight excluding hydrogens is 316 g/mol. The molecule has 0 amide bonds. The van der Waals surface area contributed by atoms with Crippen molar-refractivity contribution in [2.24, 2.45) is 0 Å². The van der Waals surface area contributed by atoms with E-state index in [1.807, 2.05) is 37.1 Å². The molecule has 1 unspecified atom stereocenters. The second-order valence-electron chi connectivity index (χ2n) is 5.64. The smallest absolute Gasteiger partial charge is 0.269 e. The summed E-state index contributed by atoms with van der Waals surface area (Å²) < 4.78 is 0. The van der Waals surface area contributed by atoms with Crippen LogP contribution in [0.1, 0.15) is 22.8 Å². The van der Waals surface area contributed by atoms with Gasteiger partial charge in [-0.25, -0.2) is 0 Å². The van der Waals surface area contributed by atoms with Crippen molar-refractivity contribution in [2.45, 2.75) is 19.6 Å². The van der Waals surface area contributed by atoms with Crippen LogP contribution in [-0.2, 0) is 6.54 Å². The molecule has 6 heteroatoms. The highest BCUT2D eigenvalue weighted by Gasteiger charge is 2.15. The summed E-state index contributed by atoms with van der Waals surface area (Å²) in [6.07, 6.45) is -0.785. The molecule has 1 atom stereocenters. The summed E-state index contributed by atoms with van der Waals surface area (Å²) >= 11 is 5.95. The molecular formula is C17H19ClN2O3. The van der Waals surface area contributed by atoms with Gasteiger partial charge in [0.1, 0.15) is 0 Å². The average molecular weight is 335 g/mol. The summed E-state index contributed by atoms with van der Waals surface area (Å²) in [6, 6.07) is 11.8. The fourth-order valence-electron chi connectivity index (χ4n) is 2.44. The van der Waals surface area contributed by atoms with Gasteiger partial charge >= 0.3 is 0 Å². The minimum atomic E-state index is -0.785. The van der Waals surface area contributed by atoms with E-state index < -0.39 is 11.0 Å². The molecule has 122 valence electrons. The van der Waals surface area contributed by atoms with Crippen molar-refractivity contribution in [3.05, 3.63) is 74.3 Å². The van der Waals surface area contributed by atoms with Crippen LogP contribution >= 0.6 is 11.6 Å². The first-order valence-electron chi connectivity index (χ1n) is 7.23. The lowest BCUT2D eigenvalue weighted by atomic mass is 10.1. The van der Waals surface area contributed by atoms with Gasteiger partial charge in [0.25, 0.3) is 5.69 Å². The van der Waals surface area contributed by atoms with E-state index in [2.05, 4.69) is 0 Å². The molecule has 0 bridgehead atoms. The van der Waals surface area contributed by atoms with Gasteiger partial charge in [-0.2, -0.15) is 0 Å². The lowest BCUT2D eigenvalue weighted by Crippen LogP contribution is -2.24. The number of hydrogen-bond donors (Lipinski definition) is 1. The zero-order valence-corrected chi connectivity index (χ0v) is 13.8. The number of aryl methyl sites for hydroxylation is 1. The summed E-state index contributed by atoms with van der Waals surface area (Å²) in [7, 11) is 1.90. The molecule has 0 saturated heterocycles. The zero-order valence-electron chi connectivity index (χ0n) is 13.1. The largest absolute Gasteiger partial charge is 0.387 e. The Morgan fingerprint density at radius 3 is 2.70 bits per heavy atom. The van der Waals surface area contributed by atoms with Gasteiger partial charge in [-0.15, -0.1) is 0 Å². The van der Waals surface area contributed by atoms with E-state index in [4.69, 9.17) is 11.6 Å². The molecule has 0 aliphatic heterocycles. The van der Waals surface area contributed by atoms with E-state index in [-0.39, 0.29) is 5.69 Å². The van der Waals surface area contributed by atoms with Crippen LogP contribution < -0.4 is 0 Å². The second-order valence-corrected chi connectivity index (χ2v) is 6.07. The maximum Gasteiger partial charge on any atom is 0.269 e. The minimum Gasteiger partial charge on any atom is -0.387 e. The van der Waals surface area contributed by atoms with Crippen LogP contribution in [0, 0.1) is 17.0 Å². The normalized spacial score (nSPS) is 12.4. The van der Waals surface area contributed by atoms with Crippen molar-refractivity contribution >= 4 is 17.3 Å². The Balaban J connectivity index is 2.03.